The molecule has 0 amide bonds. The van der Waals surface area contributed by atoms with Gasteiger partial charge in [0.2, 0.25) is 0 Å². The van der Waals surface area contributed by atoms with Gasteiger partial charge in [0, 0.05) is 12.6 Å². The van der Waals surface area contributed by atoms with E-state index in [2.05, 4.69) is 9.97 Å². The minimum Gasteiger partial charge on any atom is -0.395 e. The molecule has 1 aromatic rings. The number of nitrogen functional groups attached to an aromatic ring is 1. The van der Waals surface area contributed by atoms with Crippen LogP contribution in [0.2, 0.25) is 5.15 Å². The largest absolute Gasteiger partial charge is 0.395 e. The van der Waals surface area contributed by atoms with Crippen LogP contribution in [0.15, 0.2) is 6.33 Å². The number of nitrogens with two attached hydrogens (primary N) is 1. The van der Waals surface area contributed by atoms with Crippen LogP contribution in [-0.2, 0) is 0 Å². The molecular formula is C9H15ClN4O. The molecule has 0 aliphatic heterocycles. The van der Waals surface area contributed by atoms with Crippen molar-refractivity contribution >= 4 is 23.1 Å². The number of aliphatic hydroxyl groups excluding tert-OH is 1. The van der Waals surface area contributed by atoms with E-state index in [1.807, 2.05) is 18.7 Å². The van der Waals surface area contributed by atoms with Gasteiger partial charge in [0.15, 0.2) is 11.0 Å². The van der Waals surface area contributed by atoms with Gasteiger partial charge in [0.05, 0.1) is 6.61 Å². The Labute approximate surface area is 93.9 Å². The van der Waals surface area contributed by atoms with Gasteiger partial charge in [-0.25, -0.2) is 9.97 Å². The monoisotopic (exact) mass is 230 g/mol. The highest BCUT2D eigenvalue weighted by molar-refractivity contribution is 6.32. The molecule has 0 radical (unpaired) electrons. The molecule has 0 bridgehead atoms. The maximum Gasteiger partial charge on any atom is 0.157 e. The van der Waals surface area contributed by atoms with Crippen LogP contribution in [0.5, 0.6) is 0 Å². The summed E-state index contributed by atoms with van der Waals surface area (Å²) in [5, 5.41) is 9.19. The van der Waals surface area contributed by atoms with Crippen LogP contribution in [0.1, 0.15) is 13.8 Å². The van der Waals surface area contributed by atoms with Crippen LogP contribution >= 0.6 is 11.6 Å². The molecule has 5 nitrogen and oxygen atoms in total. The molecule has 0 aromatic carbocycles. The minimum absolute atomic E-state index is 0.0409. The fraction of sp³-hybridized carbons (Fsp3) is 0.556. The highest BCUT2D eigenvalue weighted by atomic mass is 35.5. The highest BCUT2D eigenvalue weighted by Crippen LogP contribution is 2.26. The van der Waals surface area contributed by atoms with E-state index >= 15 is 0 Å². The van der Waals surface area contributed by atoms with Crippen molar-refractivity contribution < 1.29 is 5.11 Å². The number of nitrogens with zero attached hydrogens (tertiary/aromatic N) is 3. The van der Waals surface area contributed by atoms with E-state index in [1.165, 1.54) is 6.33 Å². The van der Waals surface area contributed by atoms with Crippen molar-refractivity contribution in [2.24, 2.45) is 0 Å². The van der Waals surface area contributed by atoms with Crippen LogP contribution in [-0.4, -0.2) is 34.3 Å². The first kappa shape index (κ1) is 12.0. The van der Waals surface area contributed by atoms with E-state index in [0.717, 1.165) is 0 Å². The number of rotatable bonds is 4. The van der Waals surface area contributed by atoms with E-state index in [-0.39, 0.29) is 17.8 Å². The molecule has 1 heterocycles. The van der Waals surface area contributed by atoms with Gasteiger partial charge in [0.25, 0.3) is 0 Å². The Morgan fingerprint density at radius 2 is 2.20 bits per heavy atom. The average molecular weight is 231 g/mol. The highest BCUT2D eigenvalue weighted by Gasteiger charge is 2.16. The van der Waals surface area contributed by atoms with E-state index in [9.17, 15) is 0 Å². The van der Waals surface area contributed by atoms with Gasteiger partial charge in [-0.1, -0.05) is 11.6 Å². The Morgan fingerprint density at radius 1 is 1.53 bits per heavy atom. The van der Waals surface area contributed by atoms with E-state index in [4.69, 9.17) is 22.4 Å². The minimum atomic E-state index is 0.0409. The lowest BCUT2D eigenvalue weighted by atomic mass is 10.3. The fourth-order valence-electron chi connectivity index (χ4n) is 1.31. The fourth-order valence-corrected chi connectivity index (χ4v) is 1.44. The quantitative estimate of drug-likeness (QED) is 0.753. The smallest absolute Gasteiger partial charge is 0.157 e. The van der Waals surface area contributed by atoms with Crippen LogP contribution in [0.25, 0.3) is 0 Å². The lowest BCUT2D eigenvalue weighted by Crippen LogP contribution is -2.34. The Morgan fingerprint density at radius 3 is 2.73 bits per heavy atom. The molecule has 0 aliphatic rings. The Hall–Kier alpha value is -1.07. The predicted octanol–water partition coefficient (Wildman–Crippen LogP) is 0.919. The molecule has 0 saturated heterocycles. The molecule has 0 saturated carbocycles. The number of hydrogen-bond acceptors (Lipinski definition) is 5. The molecular weight excluding hydrogens is 216 g/mol. The SMILES string of the molecule is CC(C)N(CCO)c1ncnc(Cl)c1N. The number of aromatic nitrogens is 2. The molecule has 1 rings (SSSR count). The molecule has 6 heteroatoms. The van der Waals surface area contributed by atoms with Crippen molar-refractivity contribution in [3.8, 4) is 0 Å². The number of anilines is 2. The second-order valence-electron chi connectivity index (χ2n) is 3.41. The standard InChI is InChI=1S/C9H15ClN4O/c1-6(2)14(3-4-15)9-7(11)8(10)12-5-13-9/h5-6,15H,3-4,11H2,1-2H3. The summed E-state index contributed by atoms with van der Waals surface area (Å²) in [6.45, 7) is 4.49. The summed E-state index contributed by atoms with van der Waals surface area (Å²) in [5.74, 6) is 0.569. The number of hydrogen-bond donors (Lipinski definition) is 2. The molecule has 0 aliphatic carbocycles. The first-order valence-corrected chi connectivity index (χ1v) is 5.09. The zero-order valence-corrected chi connectivity index (χ0v) is 9.57. The lowest BCUT2D eigenvalue weighted by Gasteiger charge is -2.27. The van der Waals surface area contributed by atoms with Crippen LogP contribution < -0.4 is 10.6 Å². The summed E-state index contributed by atoms with van der Waals surface area (Å²) in [7, 11) is 0. The van der Waals surface area contributed by atoms with E-state index in [0.29, 0.717) is 18.1 Å². The summed E-state index contributed by atoms with van der Waals surface area (Å²) in [6.07, 6.45) is 1.36. The van der Waals surface area contributed by atoms with Gasteiger partial charge in [-0.2, -0.15) is 0 Å². The molecule has 1 aromatic heterocycles. The van der Waals surface area contributed by atoms with Crippen molar-refractivity contribution in [3.05, 3.63) is 11.5 Å². The van der Waals surface area contributed by atoms with Crippen molar-refractivity contribution in [2.75, 3.05) is 23.8 Å². The van der Waals surface area contributed by atoms with Crippen LogP contribution in [0.4, 0.5) is 11.5 Å². The molecule has 0 fully saturated rings. The molecule has 0 atom stereocenters. The van der Waals surface area contributed by atoms with Gasteiger partial charge < -0.3 is 15.7 Å². The first-order chi connectivity index (χ1) is 7.07. The lowest BCUT2D eigenvalue weighted by molar-refractivity contribution is 0.298. The summed E-state index contributed by atoms with van der Waals surface area (Å²) < 4.78 is 0. The average Bonchev–Trinajstić information content (AvgIpc) is 2.19. The second-order valence-corrected chi connectivity index (χ2v) is 3.77. The van der Waals surface area contributed by atoms with Crippen molar-refractivity contribution in [1.29, 1.82) is 0 Å². The van der Waals surface area contributed by atoms with Crippen molar-refractivity contribution in [2.45, 2.75) is 19.9 Å². The van der Waals surface area contributed by atoms with Gasteiger partial charge >= 0.3 is 0 Å². The van der Waals surface area contributed by atoms with Crippen molar-refractivity contribution in [3.63, 3.8) is 0 Å². The maximum atomic E-state index is 8.95. The predicted molar refractivity (Wildman–Crippen MR) is 61.0 cm³/mol. The normalized spacial score (nSPS) is 10.7. The van der Waals surface area contributed by atoms with Gasteiger partial charge in [0.1, 0.15) is 12.0 Å². The Kier molecular flexibility index (Phi) is 4.11. The molecule has 3 N–H and O–H groups in total. The zero-order valence-electron chi connectivity index (χ0n) is 8.81. The van der Waals surface area contributed by atoms with E-state index < -0.39 is 0 Å². The number of halogens is 1. The Bertz CT molecular complexity index is 332. The van der Waals surface area contributed by atoms with Crippen molar-refractivity contribution in [1.82, 2.24) is 9.97 Å². The zero-order chi connectivity index (χ0) is 11.4. The first-order valence-electron chi connectivity index (χ1n) is 4.71. The number of aliphatic hydroxyl groups is 1. The van der Waals surface area contributed by atoms with E-state index in [1.54, 1.807) is 0 Å². The van der Waals surface area contributed by atoms with Crippen LogP contribution in [0, 0.1) is 0 Å². The summed E-state index contributed by atoms with van der Waals surface area (Å²) >= 11 is 5.80. The summed E-state index contributed by atoms with van der Waals surface area (Å²) in [4.78, 5) is 9.73. The molecule has 84 valence electrons. The topological polar surface area (TPSA) is 75.3 Å². The van der Waals surface area contributed by atoms with Crippen LogP contribution in [0.3, 0.4) is 0 Å². The molecule has 0 spiro atoms. The van der Waals surface area contributed by atoms with Gasteiger partial charge in [-0.05, 0) is 13.8 Å². The summed E-state index contributed by atoms with van der Waals surface area (Å²) in [5.41, 5.74) is 6.12. The van der Waals surface area contributed by atoms with Gasteiger partial charge in [-0.15, -0.1) is 0 Å². The second kappa shape index (κ2) is 5.14. The third-order valence-electron chi connectivity index (χ3n) is 2.05. The Balaban J connectivity index is 3.05. The third-order valence-corrected chi connectivity index (χ3v) is 2.35. The molecule has 15 heavy (non-hydrogen) atoms. The molecule has 0 unspecified atom stereocenters. The maximum absolute atomic E-state index is 8.95. The van der Waals surface area contributed by atoms with Gasteiger partial charge in [-0.3, -0.25) is 0 Å². The third kappa shape index (κ3) is 2.70. The summed E-state index contributed by atoms with van der Waals surface area (Å²) in [6, 6.07) is 0.186.